The molecule has 2 aliphatic heterocycles. The van der Waals surface area contributed by atoms with Crippen molar-refractivity contribution in [3.8, 4) is 0 Å². The number of nitrogens with zero attached hydrogens (tertiary/aromatic N) is 3. The van der Waals surface area contributed by atoms with E-state index in [0.29, 0.717) is 16.9 Å². The molecule has 5 rings (SSSR count). The van der Waals surface area contributed by atoms with Crippen LogP contribution in [0.3, 0.4) is 0 Å². The van der Waals surface area contributed by atoms with Gasteiger partial charge in [-0.1, -0.05) is 6.07 Å². The second kappa shape index (κ2) is 11.2. The van der Waals surface area contributed by atoms with Crippen LogP contribution in [-0.4, -0.2) is 53.3 Å². The first-order chi connectivity index (χ1) is 17.1. The van der Waals surface area contributed by atoms with Crippen LogP contribution in [-0.2, 0) is 0 Å². The molecule has 0 spiro atoms. The number of rotatable bonds is 6. The Morgan fingerprint density at radius 2 is 1.71 bits per heavy atom. The van der Waals surface area contributed by atoms with Gasteiger partial charge in [0.05, 0.1) is 5.56 Å². The number of amides is 1. The van der Waals surface area contributed by atoms with Gasteiger partial charge in [0.2, 0.25) is 0 Å². The van der Waals surface area contributed by atoms with E-state index in [0.717, 1.165) is 55.3 Å². The number of hydrogen-bond acceptors (Lipinski definition) is 5. The zero-order valence-electron chi connectivity index (χ0n) is 19.8. The Morgan fingerprint density at radius 3 is 2.43 bits per heavy atom. The average Bonchev–Trinajstić information content (AvgIpc) is 2.91. The Hall–Kier alpha value is -2.90. The van der Waals surface area contributed by atoms with Crippen LogP contribution in [0, 0.1) is 5.82 Å². The van der Waals surface area contributed by atoms with Gasteiger partial charge in [0.1, 0.15) is 5.82 Å². The van der Waals surface area contributed by atoms with Gasteiger partial charge in [-0.25, -0.2) is 4.39 Å². The minimum Gasteiger partial charge on any atom is -0.371 e. The van der Waals surface area contributed by atoms with Crippen LogP contribution in [0.25, 0.3) is 0 Å². The lowest BCUT2D eigenvalue weighted by Crippen LogP contribution is -2.48. The summed E-state index contributed by atoms with van der Waals surface area (Å²) in [7, 11) is 0. The fourth-order valence-electron chi connectivity index (χ4n) is 5.03. The quantitative estimate of drug-likeness (QED) is 0.480. The monoisotopic (exact) mass is 490 g/mol. The molecule has 3 heterocycles. The number of hydrogen-bond donors (Lipinski definition) is 1. The highest BCUT2D eigenvalue weighted by Crippen LogP contribution is 2.33. The predicted molar refractivity (Wildman–Crippen MR) is 141 cm³/mol. The third kappa shape index (κ3) is 6.21. The van der Waals surface area contributed by atoms with Gasteiger partial charge in [0.25, 0.3) is 5.91 Å². The molecule has 2 aromatic carbocycles. The molecule has 0 bridgehead atoms. The number of pyridine rings is 1. The largest absolute Gasteiger partial charge is 0.371 e. The van der Waals surface area contributed by atoms with Crippen LogP contribution in [0.15, 0.2) is 78.0 Å². The number of piperidine rings is 2. The van der Waals surface area contributed by atoms with E-state index in [1.54, 1.807) is 36.7 Å². The molecule has 2 fully saturated rings. The Morgan fingerprint density at radius 1 is 0.943 bits per heavy atom. The zero-order chi connectivity index (χ0) is 24.0. The molecule has 0 atom stereocenters. The third-order valence-electron chi connectivity index (χ3n) is 6.97. The van der Waals surface area contributed by atoms with Gasteiger partial charge >= 0.3 is 0 Å². The fraction of sp³-hybridized carbons (Fsp3) is 0.357. The predicted octanol–water partition coefficient (Wildman–Crippen LogP) is 5.70. The summed E-state index contributed by atoms with van der Waals surface area (Å²) in [6, 6.07) is 19.2. The van der Waals surface area contributed by atoms with Gasteiger partial charge in [-0.2, -0.15) is 0 Å². The van der Waals surface area contributed by atoms with E-state index < -0.39 is 0 Å². The molecule has 1 amide bonds. The molecular weight excluding hydrogens is 459 g/mol. The van der Waals surface area contributed by atoms with Crippen molar-refractivity contribution in [1.82, 2.24) is 9.88 Å². The number of benzene rings is 2. The smallest absolute Gasteiger partial charge is 0.257 e. The molecule has 0 aliphatic carbocycles. The molecule has 0 saturated carbocycles. The van der Waals surface area contributed by atoms with Crippen LogP contribution >= 0.6 is 11.8 Å². The summed E-state index contributed by atoms with van der Waals surface area (Å²) >= 11 is 1.89. The summed E-state index contributed by atoms with van der Waals surface area (Å²) in [5, 5.41) is 3.60. The maximum atomic E-state index is 13.2. The molecule has 7 heteroatoms. The van der Waals surface area contributed by atoms with Crippen molar-refractivity contribution in [3.63, 3.8) is 0 Å². The van der Waals surface area contributed by atoms with E-state index in [-0.39, 0.29) is 11.7 Å². The van der Waals surface area contributed by atoms with E-state index >= 15 is 0 Å². The number of anilines is 2. The molecule has 0 radical (unpaired) electrons. The van der Waals surface area contributed by atoms with Crippen molar-refractivity contribution >= 4 is 29.0 Å². The molecule has 2 aliphatic rings. The number of likely N-dealkylation sites (tertiary alicyclic amines) is 1. The van der Waals surface area contributed by atoms with Crippen molar-refractivity contribution in [2.24, 2.45) is 0 Å². The minimum absolute atomic E-state index is 0.144. The zero-order valence-corrected chi connectivity index (χ0v) is 20.6. The van der Waals surface area contributed by atoms with E-state index in [1.807, 2.05) is 36.0 Å². The van der Waals surface area contributed by atoms with E-state index in [9.17, 15) is 9.18 Å². The number of aromatic nitrogens is 1. The number of nitrogens with one attached hydrogen (secondary N) is 1. The lowest BCUT2D eigenvalue weighted by molar-refractivity contribution is 0.102. The molecule has 3 aromatic rings. The van der Waals surface area contributed by atoms with Gasteiger partial charge < -0.3 is 15.1 Å². The van der Waals surface area contributed by atoms with Gasteiger partial charge in [0, 0.05) is 53.0 Å². The number of carbonyl (C=O) groups is 1. The molecule has 182 valence electrons. The second-order valence-corrected chi connectivity index (χ2v) is 10.6. The summed E-state index contributed by atoms with van der Waals surface area (Å²) in [5.41, 5.74) is 2.51. The van der Waals surface area contributed by atoms with Crippen molar-refractivity contribution in [2.45, 2.75) is 41.9 Å². The Balaban J connectivity index is 1.10. The van der Waals surface area contributed by atoms with Crippen molar-refractivity contribution in [2.75, 3.05) is 36.4 Å². The highest BCUT2D eigenvalue weighted by atomic mass is 32.2. The number of carbonyl (C=O) groups excluding carboxylic acids is 1. The van der Waals surface area contributed by atoms with Gasteiger partial charge in [-0.3, -0.25) is 9.78 Å². The number of halogens is 1. The van der Waals surface area contributed by atoms with Crippen molar-refractivity contribution in [3.05, 3.63) is 84.4 Å². The maximum absolute atomic E-state index is 13.2. The minimum atomic E-state index is -0.170. The summed E-state index contributed by atoms with van der Waals surface area (Å²) in [6.07, 6.45) is 7.91. The van der Waals surface area contributed by atoms with E-state index in [1.165, 1.54) is 12.8 Å². The van der Waals surface area contributed by atoms with Crippen molar-refractivity contribution in [1.29, 1.82) is 0 Å². The van der Waals surface area contributed by atoms with Crippen LogP contribution in [0.1, 0.15) is 36.0 Å². The van der Waals surface area contributed by atoms with Gasteiger partial charge in [0.15, 0.2) is 0 Å². The van der Waals surface area contributed by atoms with Crippen LogP contribution in [0.5, 0.6) is 0 Å². The molecule has 0 unspecified atom stereocenters. The van der Waals surface area contributed by atoms with Gasteiger partial charge in [-0.15, -0.1) is 11.8 Å². The van der Waals surface area contributed by atoms with Crippen LogP contribution < -0.4 is 10.2 Å². The third-order valence-corrected chi connectivity index (χ3v) is 8.32. The molecule has 2 saturated heterocycles. The lowest BCUT2D eigenvalue weighted by atomic mass is 9.99. The fourth-order valence-corrected chi connectivity index (χ4v) is 6.16. The van der Waals surface area contributed by atoms with Crippen molar-refractivity contribution < 1.29 is 9.18 Å². The Kier molecular flexibility index (Phi) is 7.64. The standard InChI is InChI=1S/C28H31FN4OS/c29-22-6-8-26(9-7-22)35-27-12-17-32(18-13-27)24-10-15-33(16-11-24)25-5-1-4-23(19-25)31-28(34)21-3-2-14-30-20-21/h1-9,14,19-20,24,27H,10-13,15-18H2,(H,31,34). The van der Waals surface area contributed by atoms with E-state index in [2.05, 4.69) is 32.2 Å². The normalized spacial score (nSPS) is 17.9. The summed E-state index contributed by atoms with van der Waals surface area (Å²) < 4.78 is 13.2. The average molecular weight is 491 g/mol. The highest BCUT2D eigenvalue weighted by molar-refractivity contribution is 8.00. The molecule has 1 N–H and O–H groups in total. The molecular formula is C28H31FN4OS. The van der Waals surface area contributed by atoms with Crippen LogP contribution in [0.2, 0.25) is 0 Å². The highest BCUT2D eigenvalue weighted by Gasteiger charge is 2.28. The van der Waals surface area contributed by atoms with E-state index in [4.69, 9.17) is 0 Å². The lowest BCUT2D eigenvalue weighted by Gasteiger charge is -2.42. The maximum Gasteiger partial charge on any atom is 0.257 e. The number of thioether (sulfide) groups is 1. The SMILES string of the molecule is O=C(Nc1cccc(N2CCC(N3CCC(Sc4ccc(F)cc4)CC3)CC2)c1)c1cccnc1. The second-order valence-electron chi connectivity index (χ2n) is 9.27. The Bertz CT molecular complexity index is 1110. The first kappa shape index (κ1) is 23.8. The van der Waals surface area contributed by atoms with Gasteiger partial charge in [-0.05, 0) is 93.4 Å². The van der Waals surface area contributed by atoms with Crippen LogP contribution in [0.4, 0.5) is 15.8 Å². The molecule has 35 heavy (non-hydrogen) atoms. The summed E-state index contributed by atoms with van der Waals surface area (Å²) in [6.45, 7) is 4.32. The summed E-state index contributed by atoms with van der Waals surface area (Å²) in [5.74, 6) is -0.313. The first-order valence-corrected chi connectivity index (χ1v) is 13.2. The topological polar surface area (TPSA) is 48.5 Å². The summed E-state index contributed by atoms with van der Waals surface area (Å²) in [4.78, 5) is 22.8. The molecule has 5 nitrogen and oxygen atoms in total. The Labute approximate surface area is 210 Å². The first-order valence-electron chi connectivity index (χ1n) is 12.4. The molecule has 1 aromatic heterocycles.